The zero-order chi connectivity index (χ0) is 18.7. The van der Waals surface area contributed by atoms with Gasteiger partial charge in [-0.1, -0.05) is 67.4 Å². The third kappa shape index (κ3) is 4.40. The topological polar surface area (TPSA) is 35.5 Å². The second-order valence-electron chi connectivity index (χ2n) is 6.95. The standard InChI is InChI=1S/C21H20Cl2O3/c1-21(2)17(12-18(22)23)19(21)20(24)25-13-14-7-6-10-16(11-14)26-15-8-4-3-5-9-15/h3-12,17,19H,13H2,1-2H3/t17-,19-/m1/s1. The largest absolute Gasteiger partial charge is 0.461 e. The molecule has 2 aromatic carbocycles. The molecule has 0 unspecified atom stereocenters. The van der Waals surface area contributed by atoms with E-state index in [2.05, 4.69) is 0 Å². The summed E-state index contributed by atoms with van der Waals surface area (Å²) in [6, 6.07) is 17.0. The fraction of sp³-hybridized carbons (Fsp3) is 0.286. The van der Waals surface area contributed by atoms with Gasteiger partial charge in [0.25, 0.3) is 0 Å². The molecule has 1 aliphatic carbocycles. The molecule has 0 saturated heterocycles. The van der Waals surface area contributed by atoms with E-state index in [0.29, 0.717) is 5.75 Å². The number of esters is 1. The lowest BCUT2D eigenvalue weighted by Gasteiger charge is -2.09. The maximum Gasteiger partial charge on any atom is 0.310 e. The number of allylic oxidation sites excluding steroid dienone is 1. The van der Waals surface area contributed by atoms with E-state index in [1.165, 1.54) is 0 Å². The molecule has 1 fully saturated rings. The van der Waals surface area contributed by atoms with E-state index in [9.17, 15) is 4.79 Å². The summed E-state index contributed by atoms with van der Waals surface area (Å²) in [5.74, 6) is 1.01. The Morgan fingerprint density at radius 2 is 1.77 bits per heavy atom. The van der Waals surface area contributed by atoms with Crippen LogP contribution in [0.2, 0.25) is 0 Å². The molecular weight excluding hydrogens is 371 g/mol. The summed E-state index contributed by atoms with van der Waals surface area (Å²) >= 11 is 11.5. The van der Waals surface area contributed by atoms with E-state index < -0.39 is 0 Å². The van der Waals surface area contributed by atoms with Crippen molar-refractivity contribution in [3.8, 4) is 11.5 Å². The second kappa shape index (κ2) is 7.73. The van der Waals surface area contributed by atoms with Gasteiger partial charge in [-0.15, -0.1) is 0 Å². The highest BCUT2D eigenvalue weighted by atomic mass is 35.5. The Hall–Kier alpha value is -1.97. The van der Waals surface area contributed by atoms with Gasteiger partial charge >= 0.3 is 5.97 Å². The molecule has 1 aliphatic rings. The molecule has 0 bridgehead atoms. The number of halogens is 2. The van der Waals surface area contributed by atoms with Gasteiger partial charge in [0.1, 0.15) is 22.6 Å². The molecule has 0 aliphatic heterocycles. The number of ether oxygens (including phenoxy) is 2. The van der Waals surface area contributed by atoms with E-state index >= 15 is 0 Å². The Morgan fingerprint density at radius 1 is 1.08 bits per heavy atom. The first-order valence-electron chi connectivity index (χ1n) is 8.39. The predicted molar refractivity (Wildman–Crippen MR) is 103 cm³/mol. The molecule has 3 rings (SSSR count). The minimum Gasteiger partial charge on any atom is -0.461 e. The third-order valence-electron chi connectivity index (χ3n) is 4.73. The van der Waals surface area contributed by atoms with Crippen LogP contribution < -0.4 is 4.74 Å². The van der Waals surface area contributed by atoms with E-state index in [1.54, 1.807) is 6.08 Å². The van der Waals surface area contributed by atoms with Gasteiger partial charge < -0.3 is 9.47 Å². The third-order valence-corrected chi connectivity index (χ3v) is 4.98. The molecule has 5 heteroatoms. The van der Waals surface area contributed by atoms with Crippen molar-refractivity contribution in [2.24, 2.45) is 17.3 Å². The maximum atomic E-state index is 12.4. The maximum absolute atomic E-state index is 12.4. The van der Waals surface area contributed by atoms with Crippen LogP contribution in [0.1, 0.15) is 19.4 Å². The first kappa shape index (κ1) is 18.8. The molecule has 2 aromatic rings. The van der Waals surface area contributed by atoms with Gasteiger partial charge in [0.15, 0.2) is 0 Å². The molecule has 0 N–H and O–H groups in total. The van der Waals surface area contributed by atoms with Crippen LogP contribution >= 0.6 is 23.2 Å². The average Bonchev–Trinajstić information content (AvgIpc) is 3.13. The summed E-state index contributed by atoms with van der Waals surface area (Å²) in [6.45, 7) is 4.21. The minimum atomic E-state index is -0.236. The van der Waals surface area contributed by atoms with Crippen molar-refractivity contribution in [2.45, 2.75) is 20.5 Å². The smallest absolute Gasteiger partial charge is 0.310 e. The number of hydrogen-bond donors (Lipinski definition) is 0. The minimum absolute atomic E-state index is 0.00717. The zero-order valence-corrected chi connectivity index (χ0v) is 16.1. The Morgan fingerprint density at radius 3 is 2.46 bits per heavy atom. The van der Waals surface area contributed by atoms with Crippen molar-refractivity contribution in [2.75, 3.05) is 0 Å². The number of rotatable bonds is 6. The summed E-state index contributed by atoms with van der Waals surface area (Å²) < 4.78 is 11.5. The van der Waals surface area contributed by atoms with Gasteiger partial charge in [0, 0.05) is 0 Å². The van der Waals surface area contributed by atoms with Crippen molar-refractivity contribution in [1.29, 1.82) is 0 Å². The highest BCUT2D eigenvalue weighted by Crippen LogP contribution is 2.60. The first-order chi connectivity index (χ1) is 12.4. The Bertz CT molecular complexity index is 811. The molecule has 3 nitrogen and oxygen atoms in total. The normalized spacial score (nSPS) is 20.2. The number of para-hydroxylation sites is 1. The van der Waals surface area contributed by atoms with Crippen LogP contribution in [0.15, 0.2) is 65.2 Å². The van der Waals surface area contributed by atoms with Gasteiger partial charge in [-0.2, -0.15) is 0 Å². The summed E-state index contributed by atoms with van der Waals surface area (Å²) in [5.41, 5.74) is 0.678. The molecule has 0 radical (unpaired) electrons. The zero-order valence-electron chi connectivity index (χ0n) is 14.6. The molecule has 0 heterocycles. The van der Waals surface area contributed by atoms with Crippen LogP contribution in [0, 0.1) is 17.3 Å². The lowest BCUT2D eigenvalue weighted by Crippen LogP contribution is -2.10. The summed E-state index contributed by atoms with van der Waals surface area (Å²) in [6.07, 6.45) is 1.71. The van der Waals surface area contributed by atoms with E-state index in [0.717, 1.165) is 11.3 Å². The highest BCUT2D eigenvalue weighted by molar-refractivity contribution is 6.55. The lowest BCUT2D eigenvalue weighted by molar-refractivity contribution is -0.147. The van der Waals surface area contributed by atoms with Crippen molar-refractivity contribution in [3.63, 3.8) is 0 Å². The Labute approximate surface area is 163 Å². The molecule has 136 valence electrons. The number of hydrogen-bond acceptors (Lipinski definition) is 3. The Balaban J connectivity index is 1.59. The summed E-state index contributed by atoms with van der Waals surface area (Å²) in [4.78, 5) is 12.4. The summed E-state index contributed by atoms with van der Waals surface area (Å²) in [5, 5.41) is 0. The number of carbonyl (C=O) groups excluding carboxylic acids is 1. The van der Waals surface area contributed by atoms with Crippen molar-refractivity contribution in [3.05, 3.63) is 70.7 Å². The molecule has 0 amide bonds. The first-order valence-corrected chi connectivity index (χ1v) is 9.15. The van der Waals surface area contributed by atoms with Crippen LogP contribution in [0.4, 0.5) is 0 Å². The SMILES string of the molecule is CC1(C)[C@H](C=C(Cl)Cl)[C@@H]1C(=O)OCc1cccc(Oc2ccccc2)c1. The molecule has 0 spiro atoms. The monoisotopic (exact) mass is 390 g/mol. The average molecular weight is 391 g/mol. The quantitative estimate of drug-likeness (QED) is 0.557. The Kier molecular flexibility index (Phi) is 5.59. The molecule has 2 atom stereocenters. The van der Waals surface area contributed by atoms with Gasteiger partial charge in [-0.25, -0.2) is 0 Å². The fourth-order valence-corrected chi connectivity index (χ4v) is 3.41. The molecule has 26 heavy (non-hydrogen) atoms. The van der Waals surface area contributed by atoms with E-state index in [1.807, 2.05) is 68.4 Å². The second-order valence-corrected chi connectivity index (χ2v) is 7.96. The van der Waals surface area contributed by atoms with Crippen molar-refractivity contribution in [1.82, 2.24) is 0 Å². The molecule has 0 aromatic heterocycles. The summed E-state index contributed by atoms with van der Waals surface area (Å²) in [7, 11) is 0. The molecule has 1 saturated carbocycles. The highest BCUT2D eigenvalue weighted by Gasteiger charge is 2.61. The van der Waals surface area contributed by atoms with Gasteiger partial charge in [0.05, 0.1) is 5.92 Å². The van der Waals surface area contributed by atoms with Crippen LogP contribution in [-0.4, -0.2) is 5.97 Å². The van der Waals surface area contributed by atoms with Gasteiger partial charge in [-0.05, 0) is 47.2 Å². The van der Waals surface area contributed by atoms with Crippen LogP contribution in [0.3, 0.4) is 0 Å². The van der Waals surface area contributed by atoms with E-state index in [-0.39, 0.29) is 34.3 Å². The van der Waals surface area contributed by atoms with Gasteiger partial charge in [0.2, 0.25) is 0 Å². The van der Waals surface area contributed by atoms with Crippen LogP contribution in [0.25, 0.3) is 0 Å². The number of carbonyl (C=O) groups is 1. The van der Waals surface area contributed by atoms with Crippen molar-refractivity contribution >= 4 is 29.2 Å². The van der Waals surface area contributed by atoms with Gasteiger partial charge in [-0.3, -0.25) is 4.79 Å². The van der Waals surface area contributed by atoms with Crippen LogP contribution in [-0.2, 0) is 16.1 Å². The van der Waals surface area contributed by atoms with Crippen molar-refractivity contribution < 1.29 is 14.3 Å². The van der Waals surface area contributed by atoms with Crippen LogP contribution in [0.5, 0.6) is 11.5 Å². The van der Waals surface area contributed by atoms with E-state index in [4.69, 9.17) is 32.7 Å². The predicted octanol–water partition coefficient (Wildman–Crippen LogP) is 6.11. The molecular formula is C21H20Cl2O3. The fourth-order valence-electron chi connectivity index (χ4n) is 3.14. The lowest BCUT2D eigenvalue weighted by atomic mass is 10.1. The number of benzene rings is 2.